The van der Waals surface area contributed by atoms with E-state index < -0.39 is 4.92 Å². The van der Waals surface area contributed by atoms with Gasteiger partial charge in [-0.15, -0.1) is 0 Å². The number of pyridine rings is 1. The first-order valence-electron chi connectivity index (χ1n) is 4.87. The Bertz CT molecular complexity index is 561. The van der Waals surface area contributed by atoms with Crippen molar-refractivity contribution in [2.45, 2.75) is 6.92 Å². The summed E-state index contributed by atoms with van der Waals surface area (Å²) in [6.07, 6.45) is 6.50. The summed E-state index contributed by atoms with van der Waals surface area (Å²) in [5.74, 6) is 0.143. The summed E-state index contributed by atoms with van der Waals surface area (Å²) in [5.41, 5.74) is 1.04. The van der Waals surface area contributed by atoms with Gasteiger partial charge in [0.15, 0.2) is 5.69 Å². The first-order chi connectivity index (χ1) is 8.18. The van der Waals surface area contributed by atoms with Crippen molar-refractivity contribution in [2.75, 3.05) is 0 Å². The second kappa shape index (κ2) is 4.56. The molecule has 0 radical (unpaired) electrons. The minimum atomic E-state index is -0.502. The molecular formula is C11H9N3O3. The Kier molecular flexibility index (Phi) is 2.95. The van der Waals surface area contributed by atoms with Crippen molar-refractivity contribution < 1.29 is 9.45 Å². The molecule has 0 amide bonds. The number of nitrogens with zero attached hydrogens (tertiary/aromatic N) is 3. The van der Waals surface area contributed by atoms with Gasteiger partial charge in [0.2, 0.25) is 5.76 Å². The monoisotopic (exact) mass is 231 g/mol. The number of rotatable bonds is 3. The SMILES string of the molecule is Cc1noc(/C=C/c2ccncc2)c1[N+](=O)[O-]. The van der Waals surface area contributed by atoms with Gasteiger partial charge >= 0.3 is 5.69 Å². The normalized spacial score (nSPS) is 10.9. The molecule has 2 aromatic heterocycles. The summed E-state index contributed by atoms with van der Waals surface area (Å²) < 4.78 is 4.88. The van der Waals surface area contributed by atoms with Crippen LogP contribution in [0.4, 0.5) is 5.69 Å². The van der Waals surface area contributed by atoms with Gasteiger partial charge in [-0.2, -0.15) is 0 Å². The summed E-state index contributed by atoms with van der Waals surface area (Å²) in [5, 5.41) is 14.3. The molecule has 2 rings (SSSR count). The Hall–Kier alpha value is -2.50. The molecule has 6 heteroatoms. The van der Waals surface area contributed by atoms with Crippen molar-refractivity contribution in [1.82, 2.24) is 10.1 Å². The topological polar surface area (TPSA) is 82.1 Å². The van der Waals surface area contributed by atoms with Crippen molar-refractivity contribution in [1.29, 1.82) is 0 Å². The summed E-state index contributed by atoms with van der Waals surface area (Å²) in [4.78, 5) is 14.1. The smallest absolute Gasteiger partial charge is 0.338 e. The zero-order chi connectivity index (χ0) is 12.3. The predicted molar refractivity (Wildman–Crippen MR) is 61.1 cm³/mol. The molecule has 86 valence electrons. The Balaban J connectivity index is 2.31. The van der Waals surface area contributed by atoms with Gasteiger partial charge in [0.1, 0.15) is 0 Å². The van der Waals surface area contributed by atoms with Gasteiger partial charge in [0, 0.05) is 12.4 Å². The fourth-order valence-corrected chi connectivity index (χ4v) is 1.36. The molecule has 0 N–H and O–H groups in total. The summed E-state index contributed by atoms with van der Waals surface area (Å²) in [6, 6.07) is 3.57. The van der Waals surface area contributed by atoms with E-state index in [1.165, 1.54) is 13.0 Å². The molecule has 0 saturated carbocycles. The number of aryl methyl sites for hydroxylation is 1. The van der Waals surface area contributed by atoms with Crippen LogP contribution in [0.1, 0.15) is 17.0 Å². The molecule has 0 aliphatic heterocycles. The third kappa shape index (κ3) is 2.36. The Morgan fingerprint density at radius 2 is 2.06 bits per heavy atom. The first kappa shape index (κ1) is 11.0. The average Bonchev–Trinajstić information content (AvgIpc) is 2.69. The summed E-state index contributed by atoms with van der Waals surface area (Å²) in [6.45, 7) is 1.53. The molecule has 2 aromatic rings. The number of aromatic nitrogens is 2. The number of nitro groups is 1. The van der Waals surface area contributed by atoms with Crippen molar-refractivity contribution in [3.05, 3.63) is 51.7 Å². The second-order valence-corrected chi connectivity index (χ2v) is 3.35. The lowest BCUT2D eigenvalue weighted by atomic mass is 10.2. The van der Waals surface area contributed by atoms with E-state index in [-0.39, 0.29) is 17.1 Å². The van der Waals surface area contributed by atoms with E-state index in [1.54, 1.807) is 30.6 Å². The van der Waals surface area contributed by atoms with Crippen molar-refractivity contribution in [2.24, 2.45) is 0 Å². The van der Waals surface area contributed by atoms with Crippen LogP contribution in [0.2, 0.25) is 0 Å². The Morgan fingerprint density at radius 3 is 2.71 bits per heavy atom. The van der Waals surface area contributed by atoms with Crippen LogP contribution in [0.3, 0.4) is 0 Å². The molecule has 17 heavy (non-hydrogen) atoms. The summed E-state index contributed by atoms with van der Waals surface area (Å²) in [7, 11) is 0. The van der Waals surface area contributed by atoms with Gasteiger partial charge in [-0.1, -0.05) is 11.2 Å². The number of hydrogen-bond donors (Lipinski definition) is 0. The van der Waals surface area contributed by atoms with Crippen LogP contribution in [0, 0.1) is 17.0 Å². The second-order valence-electron chi connectivity index (χ2n) is 3.35. The third-order valence-corrected chi connectivity index (χ3v) is 2.17. The van der Waals surface area contributed by atoms with Crippen LogP contribution < -0.4 is 0 Å². The maximum Gasteiger partial charge on any atom is 0.338 e. The quantitative estimate of drug-likeness (QED) is 0.598. The minimum absolute atomic E-state index is 0.102. The standard InChI is InChI=1S/C11H9N3O3/c1-8-11(14(15)16)10(17-13-8)3-2-9-4-6-12-7-5-9/h2-7H,1H3/b3-2+. The molecule has 0 spiro atoms. The van der Waals surface area contributed by atoms with Crippen LogP contribution in [-0.4, -0.2) is 15.1 Å². The molecule has 0 atom stereocenters. The van der Waals surface area contributed by atoms with Crippen LogP contribution in [0.25, 0.3) is 12.2 Å². The molecule has 6 nitrogen and oxygen atoms in total. The molecule has 0 unspecified atom stereocenters. The van der Waals surface area contributed by atoms with Gasteiger partial charge in [0.05, 0.1) is 4.92 Å². The van der Waals surface area contributed by atoms with Crippen LogP contribution in [-0.2, 0) is 0 Å². The zero-order valence-corrected chi connectivity index (χ0v) is 9.03. The van der Waals surface area contributed by atoms with Crippen molar-refractivity contribution in [3.8, 4) is 0 Å². The molecule has 0 fully saturated rings. The van der Waals surface area contributed by atoms with Crippen LogP contribution in [0.15, 0.2) is 29.0 Å². The van der Waals surface area contributed by atoms with Crippen LogP contribution >= 0.6 is 0 Å². The van der Waals surface area contributed by atoms with Gasteiger partial charge < -0.3 is 4.52 Å². The molecule has 0 aliphatic rings. The first-order valence-corrected chi connectivity index (χ1v) is 4.87. The minimum Gasteiger partial charge on any atom is -0.349 e. The maximum atomic E-state index is 10.8. The van der Waals surface area contributed by atoms with E-state index >= 15 is 0 Å². The fraction of sp³-hybridized carbons (Fsp3) is 0.0909. The lowest BCUT2D eigenvalue weighted by Crippen LogP contribution is -1.90. The van der Waals surface area contributed by atoms with E-state index in [1.807, 2.05) is 0 Å². The Labute approximate surface area is 96.7 Å². The highest BCUT2D eigenvalue weighted by Crippen LogP contribution is 2.24. The van der Waals surface area contributed by atoms with Gasteiger partial charge in [-0.05, 0) is 30.7 Å². The van der Waals surface area contributed by atoms with E-state index in [2.05, 4.69) is 10.1 Å². The van der Waals surface area contributed by atoms with Crippen molar-refractivity contribution in [3.63, 3.8) is 0 Å². The highest BCUT2D eigenvalue weighted by molar-refractivity contribution is 5.71. The zero-order valence-electron chi connectivity index (χ0n) is 9.03. The highest BCUT2D eigenvalue weighted by atomic mass is 16.6. The van der Waals surface area contributed by atoms with Gasteiger partial charge in [0.25, 0.3) is 0 Å². The molecule has 2 heterocycles. The Morgan fingerprint density at radius 1 is 1.35 bits per heavy atom. The van der Waals surface area contributed by atoms with E-state index in [9.17, 15) is 10.1 Å². The van der Waals surface area contributed by atoms with Gasteiger partial charge in [-0.25, -0.2) is 0 Å². The van der Waals surface area contributed by atoms with Gasteiger partial charge in [-0.3, -0.25) is 15.1 Å². The predicted octanol–water partition coefficient (Wildman–Crippen LogP) is 2.46. The molecule has 0 bridgehead atoms. The van der Waals surface area contributed by atoms with E-state index in [0.29, 0.717) is 0 Å². The van der Waals surface area contributed by atoms with Crippen LogP contribution in [0.5, 0.6) is 0 Å². The lowest BCUT2D eigenvalue weighted by Gasteiger charge is -1.90. The van der Waals surface area contributed by atoms with E-state index in [0.717, 1.165) is 5.56 Å². The van der Waals surface area contributed by atoms with Crippen molar-refractivity contribution >= 4 is 17.8 Å². The lowest BCUT2D eigenvalue weighted by molar-refractivity contribution is -0.386. The number of hydrogen-bond acceptors (Lipinski definition) is 5. The summed E-state index contributed by atoms with van der Waals surface area (Å²) >= 11 is 0. The molecule has 0 aromatic carbocycles. The molecular weight excluding hydrogens is 222 g/mol. The largest absolute Gasteiger partial charge is 0.349 e. The molecule has 0 aliphatic carbocycles. The third-order valence-electron chi connectivity index (χ3n) is 2.17. The maximum absolute atomic E-state index is 10.8. The molecule has 0 saturated heterocycles. The van der Waals surface area contributed by atoms with E-state index in [4.69, 9.17) is 4.52 Å². The highest BCUT2D eigenvalue weighted by Gasteiger charge is 2.21. The average molecular weight is 231 g/mol. The fourth-order valence-electron chi connectivity index (χ4n) is 1.36.